The van der Waals surface area contributed by atoms with Crippen LogP contribution < -0.4 is 0 Å². The van der Waals surface area contributed by atoms with Crippen molar-refractivity contribution >= 4 is 9.84 Å². The van der Waals surface area contributed by atoms with E-state index >= 15 is 0 Å². The summed E-state index contributed by atoms with van der Waals surface area (Å²) in [5.74, 6) is -4.00. The molecule has 2 nitrogen and oxygen atoms in total. The Balaban J connectivity index is 3.19. The van der Waals surface area contributed by atoms with Gasteiger partial charge in [-0.1, -0.05) is 6.07 Å². The monoisotopic (exact) mass is 223 g/mol. The van der Waals surface area contributed by atoms with Crippen molar-refractivity contribution in [2.24, 2.45) is 0 Å². The number of hydrogen-bond donors (Lipinski definition) is 0. The van der Waals surface area contributed by atoms with E-state index < -0.39 is 32.9 Å². The summed E-state index contributed by atoms with van der Waals surface area (Å²) in [6.07, 6.45) is 0.827. The predicted molar refractivity (Wildman–Crippen MR) is 44.6 cm³/mol. The highest BCUT2D eigenvalue weighted by Gasteiger charge is 2.16. The Bertz CT molecular complexity index is 454. The molecule has 1 radical (unpaired) electrons. The van der Waals surface area contributed by atoms with Crippen LogP contribution >= 0.6 is 0 Å². The van der Waals surface area contributed by atoms with Crippen LogP contribution in [0.25, 0.3) is 0 Å². The molecule has 0 amide bonds. The number of rotatable bonds is 2. The first-order valence-corrected chi connectivity index (χ1v) is 5.45. The molecular weight excluding hydrogens is 217 g/mol. The lowest BCUT2D eigenvalue weighted by Crippen LogP contribution is -2.03. The zero-order valence-corrected chi connectivity index (χ0v) is 7.91. The second kappa shape index (κ2) is 3.61. The van der Waals surface area contributed by atoms with Crippen molar-refractivity contribution in [2.45, 2.75) is 0 Å². The summed E-state index contributed by atoms with van der Waals surface area (Å²) in [5.41, 5.74) is -0.494. The SMILES string of the molecule is CS(=O)(=O)[CH]c1ccc(F)c(F)c1F. The van der Waals surface area contributed by atoms with E-state index in [1.165, 1.54) is 0 Å². The Hall–Kier alpha value is -1.04. The molecule has 0 bridgehead atoms. The van der Waals surface area contributed by atoms with Gasteiger partial charge in [0.15, 0.2) is 27.3 Å². The summed E-state index contributed by atoms with van der Waals surface area (Å²) in [5, 5.41) is 0. The van der Waals surface area contributed by atoms with Crippen molar-refractivity contribution in [2.75, 3.05) is 6.26 Å². The molecule has 6 heteroatoms. The molecule has 0 saturated heterocycles. The van der Waals surface area contributed by atoms with Crippen LogP contribution in [0, 0.1) is 23.2 Å². The van der Waals surface area contributed by atoms with E-state index in [-0.39, 0.29) is 0 Å². The lowest BCUT2D eigenvalue weighted by molar-refractivity contribution is 0.444. The van der Waals surface area contributed by atoms with Gasteiger partial charge in [0.2, 0.25) is 0 Å². The molecule has 0 atom stereocenters. The third-order valence-electron chi connectivity index (χ3n) is 1.41. The molecule has 0 aliphatic rings. The third kappa shape index (κ3) is 2.47. The zero-order valence-electron chi connectivity index (χ0n) is 7.09. The highest BCUT2D eigenvalue weighted by atomic mass is 32.2. The van der Waals surface area contributed by atoms with Crippen LogP contribution in [0.4, 0.5) is 13.2 Å². The van der Waals surface area contributed by atoms with Gasteiger partial charge in [-0.15, -0.1) is 0 Å². The molecule has 0 aromatic heterocycles. The van der Waals surface area contributed by atoms with Crippen LogP contribution in [-0.4, -0.2) is 14.7 Å². The molecule has 1 rings (SSSR count). The lowest BCUT2D eigenvalue weighted by atomic mass is 10.2. The van der Waals surface area contributed by atoms with E-state index in [1.807, 2.05) is 0 Å². The van der Waals surface area contributed by atoms with Gasteiger partial charge in [-0.3, -0.25) is 0 Å². The van der Waals surface area contributed by atoms with Crippen LogP contribution in [0.1, 0.15) is 5.56 Å². The summed E-state index contributed by atoms with van der Waals surface area (Å²) in [6.45, 7) is 0. The van der Waals surface area contributed by atoms with Crippen LogP contribution in [0.15, 0.2) is 12.1 Å². The average Bonchev–Trinajstić information content (AvgIpc) is 2.04. The van der Waals surface area contributed by atoms with Crippen molar-refractivity contribution in [1.29, 1.82) is 0 Å². The van der Waals surface area contributed by atoms with Crippen LogP contribution in [0.3, 0.4) is 0 Å². The van der Waals surface area contributed by atoms with Crippen LogP contribution in [-0.2, 0) is 9.84 Å². The van der Waals surface area contributed by atoms with Gasteiger partial charge in [-0.2, -0.15) is 0 Å². The van der Waals surface area contributed by atoms with Gasteiger partial charge < -0.3 is 0 Å². The van der Waals surface area contributed by atoms with Crippen LogP contribution in [0.5, 0.6) is 0 Å². The summed E-state index contributed by atoms with van der Waals surface area (Å²) < 4.78 is 59.3. The summed E-state index contributed by atoms with van der Waals surface area (Å²) >= 11 is 0. The molecule has 0 aliphatic carbocycles. The maximum absolute atomic E-state index is 12.9. The highest BCUT2D eigenvalue weighted by molar-refractivity contribution is 7.92. The Labute approximate surface area is 79.3 Å². The average molecular weight is 223 g/mol. The van der Waals surface area contributed by atoms with E-state index in [2.05, 4.69) is 0 Å². The summed E-state index contributed by atoms with van der Waals surface area (Å²) in [6, 6.07) is 1.52. The van der Waals surface area contributed by atoms with Gasteiger partial charge in [-0.25, -0.2) is 21.6 Å². The molecule has 1 aromatic carbocycles. The van der Waals surface area contributed by atoms with E-state index in [0.29, 0.717) is 11.8 Å². The van der Waals surface area contributed by atoms with E-state index in [1.54, 1.807) is 0 Å². The minimum Gasteiger partial charge on any atom is -0.228 e. The Kier molecular flexibility index (Phi) is 2.84. The first-order chi connectivity index (χ1) is 6.31. The standard InChI is InChI=1S/C8H6F3O2S/c1-14(12,13)4-5-2-3-6(9)8(11)7(5)10/h2-4H,1H3. The topological polar surface area (TPSA) is 34.1 Å². The number of sulfone groups is 1. The fourth-order valence-corrected chi connectivity index (χ4v) is 1.51. The molecule has 0 aliphatic heterocycles. The first kappa shape index (κ1) is 11.0. The van der Waals surface area contributed by atoms with Crippen molar-refractivity contribution in [3.63, 3.8) is 0 Å². The number of hydrogen-bond acceptors (Lipinski definition) is 2. The van der Waals surface area contributed by atoms with E-state index in [4.69, 9.17) is 0 Å². The number of halogens is 3. The second-order valence-corrected chi connectivity index (χ2v) is 4.61. The normalized spacial score (nSPS) is 11.7. The highest BCUT2D eigenvalue weighted by Crippen LogP contribution is 2.18. The molecule has 0 fully saturated rings. The van der Waals surface area contributed by atoms with Gasteiger partial charge in [0.1, 0.15) is 5.75 Å². The van der Waals surface area contributed by atoms with Crippen molar-refractivity contribution in [3.8, 4) is 0 Å². The Morgan fingerprint density at radius 1 is 1.14 bits per heavy atom. The maximum atomic E-state index is 12.9. The molecule has 0 unspecified atom stereocenters. The summed E-state index contributed by atoms with van der Waals surface area (Å²) in [7, 11) is -3.58. The van der Waals surface area contributed by atoms with Gasteiger partial charge >= 0.3 is 0 Å². The minimum atomic E-state index is -3.58. The molecule has 0 heterocycles. The fraction of sp³-hybridized carbons (Fsp3) is 0.125. The van der Waals surface area contributed by atoms with E-state index in [9.17, 15) is 21.6 Å². The fourth-order valence-electron chi connectivity index (χ4n) is 0.862. The van der Waals surface area contributed by atoms with Crippen molar-refractivity contribution in [1.82, 2.24) is 0 Å². The molecule has 14 heavy (non-hydrogen) atoms. The predicted octanol–water partition coefficient (Wildman–Crippen LogP) is 1.66. The minimum absolute atomic E-state index is 0.494. The lowest BCUT2D eigenvalue weighted by Gasteiger charge is -2.02. The molecule has 1 aromatic rings. The largest absolute Gasteiger partial charge is 0.228 e. The zero-order chi connectivity index (χ0) is 10.9. The van der Waals surface area contributed by atoms with Gasteiger partial charge in [0.05, 0.1) is 0 Å². The molecule has 0 spiro atoms. The molecule has 0 saturated carbocycles. The van der Waals surface area contributed by atoms with Gasteiger partial charge in [0, 0.05) is 11.8 Å². The van der Waals surface area contributed by atoms with Gasteiger partial charge in [-0.05, 0) is 6.07 Å². The second-order valence-electron chi connectivity index (χ2n) is 2.71. The Morgan fingerprint density at radius 2 is 1.71 bits per heavy atom. The summed E-state index contributed by atoms with van der Waals surface area (Å²) in [4.78, 5) is 0. The maximum Gasteiger partial charge on any atom is 0.194 e. The molecular formula is C8H6F3O2S. The van der Waals surface area contributed by atoms with Crippen molar-refractivity contribution in [3.05, 3.63) is 40.9 Å². The quantitative estimate of drug-likeness (QED) is 0.714. The van der Waals surface area contributed by atoms with Crippen LogP contribution in [0.2, 0.25) is 0 Å². The molecule has 0 N–H and O–H groups in total. The smallest absolute Gasteiger partial charge is 0.194 e. The molecule has 77 valence electrons. The van der Waals surface area contributed by atoms with Crippen molar-refractivity contribution < 1.29 is 21.6 Å². The van der Waals surface area contributed by atoms with E-state index in [0.717, 1.165) is 12.3 Å². The van der Waals surface area contributed by atoms with Gasteiger partial charge in [0.25, 0.3) is 0 Å². The first-order valence-electron chi connectivity index (χ1n) is 3.49. The number of benzene rings is 1. The third-order valence-corrected chi connectivity index (χ3v) is 2.09. The Morgan fingerprint density at radius 3 is 2.21 bits per heavy atom.